The zero-order valence-corrected chi connectivity index (χ0v) is 15.8. The molecule has 0 aliphatic heterocycles. The van der Waals surface area contributed by atoms with E-state index in [4.69, 9.17) is 0 Å². The van der Waals surface area contributed by atoms with Gasteiger partial charge in [0.2, 0.25) is 0 Å². The van der Waals surface area contributed by atoms with Crippen LogP contribution in [0.15, 0.2) is 60.0 Å². The van der Waals surface area contributed by atoms with Gasteiger partial charge in [-0.15, -0.1) is 11.3 Å². The van der Waals surface area contributed by atoms with Crippen molar-refractivity contribution < 1.29 is 4.79 Å². The van der Waals surface area contributed by atoms with E-state index in [0.717, 1.165) is 23.7 Å². The molecule has 0 aliphatic carbocycles. The Morgan fingerprint density at radius 2 is 1.85 bits per heavy atom. The van der Waals surface area contributed by atoms with E-state index in [1.54, 1.807) is 5.38 Å². The second-order valence-corrected chi connectivity index (χ2v) is 7.29. The Morgan fingerprint density at radius 1 is 1.12 bits per heavy atom. The van der Waals surface area contributed by atoms with Crippen LogP contribution in [0.4, 0.5) is 10.8 Å². The van der Waals surface area contributed by atoms with E-state index in [9.17, 15) is 4.79 Å². The van der Waals surface area contributed by atoms with Crippen molar-refractivity contribution >= 4 is 28.1 Å². The van der Waals surface area contributed by atoms with E-state index in [0.29, 0.717) is 5.69 Å². The van der Waals surface area contributed by atoms with Crippen molar-refractivity contribution in [1.29, 1.82) is 0 Å². The molecule has 134 valence electrons. The zero-order chi connectivity index (χ0) is 18.4. The highest BCUT2D eigenvalue weighted by molar-refractivity contribution is 7.14. The number of hydrogen-bond acceptors (Lipinski definition) is 4. The first-order valence-electron chi connectivity index (χ1n) is 8.74. The van der Waals surface area contributed by atoms with Crippen molar-refractivity contribution in [3.8, 4) is 0 Å². The minimum Gasteiger partial charge on any atom is -0.348 e. The van der Waals surface area contributed by atoms with E-state index in [1.807, 2.05) is 49.4 Å². The van der Waals surface area contributed by atoms with Crippen molar-refractivity contribution in [3.05, 3.63) is 76.8 Å². The molecule has 3 rings (SSSR count). The molecular weight excluding hydrogens is 342 g/mol. The van der Waals surface area contributed by atoms with Crippen molar-refractivity contribution in [2.45, 2.75) is 32.7 Å². The van der Waals surface area contributed by atoms with Crippen molar-refractivity contribution in [1.82, 2.24) is 10.3 Å². The summed E-state index contributed by atoms with van der Waals surface area (Å²) in [4.78, 5) is 16.8. The lowest BCUT2D eigenvalue weighted by molar-refractivity contribution is 0.0934. The first-order chi connectivity index (χ1) is 12.6. The molecule has 1 amide bonds. The number of amides is 1. The lowest BCUT2D eigenvalue weighted by atomic mass is 10.1. The second kappa shape index (κ2) is 8.63. The highest BCUT2D eigenvalue weighted by Gasteiger charge is 2.13. The maximum absolute atomic E-state index is 12.4. The Kier molecular flexibility index (Phi) is 6.02. The van der Waals surface area contributed by atoms with E-state index < -0.39 is 0 Å². The van der Waals surface area contributed by atoms with Gasteiger partial charge in [0, 0.05) is 17.1 Å². The highest BCUT2D eigenvalue weighted by Crippen LogP contribution is 2.21. The summed E-state index contributed by atoms with van der Waals surface area (Å²) in [6.45, 7) is 4.08. The van der Waals surface area contributed by atoms with Gasteiger partial charge in [-0.25, -0.2) is 4.98 Å². The average molecular weight is 366 g/mol. The molecule has 5 heteroatoms. The van der Waals surface area contributed by atoms with Gasteiger partial charge in [0.05, 0.1) is 0 Å². The van der Waals surface area contributed by atoms with Crippen LogP contribution in [-0.2, 0) is 6.42 Å². The number of aryl methyl sites for hydroxylation is 2. The Hall–Kier alpha value is -2.66. The van der Waals surface area contributed by atoms with E-state index >= 15 is 0 Å². The average Bonchev–Trinajstić information content (AvgIpc) is 3.11. The lowest BCUT2D eigenvalue weighted by Crippen LogP contribution is -2.33. The summed E-state index contributed by atoms with van der Waals surface area (Å²) < 4.78 is 0. The SMILES string of the molecule is Cc1ccc(Nc2nc(C(=O)NC(C)CCc3ccccc3)cs2)cc1. The molecule has 2 N–H and O–H groups in total. The Bertz CT molecular complexity index is 843. The maximum atomic E-state index is 12.4. The van der Waals surface area contributed by atoms with Crippen molar-refractivity contribution in [2.24, 2.45) is 0 Å². The standard InChI is InChI=1S/C21H23N3OS/c1-15-8-12-18(13-9-15)23-21-24-19(14-26-21)20(25)22-16(2)10-11-17-6-4-3-5-7-17/h3-9,12-14,16H,10-11H2,1-2H3,(H,22,25)(H,23,24). The van der Waals surface area contributed by atoms with Crippen LogP contribution in [-0.4, -0.2) is 16.9 Å². The van der Waals surface area contributed by atoms with Crippen molar-refractivity contribution in [2.75, 3.05) is 5.32 Å². The molecule has 1 atom stereocenters. The summed E-state index contributed by atoms with van der Waals surface area (Å²) in [5.41, 5.74) is 3.91. The first-order valence-corrected chi connectivity index (χ1v) is 9.62. The highest BCUT2D eigenvalue weighted by atomic mass is 32.1. The van der Waals surface area contributed by atoms with Crippen molar-refractivity contribution in [3.63, 3.8) is 0 Å². The molecular formula is C21H23N3OS. The summed E-state index contributed by atoms with van der Waals surface area (Å²) in [5.74, 6) is -0.126. The fourth-order valence-electron chi connectivity index (χ4n) is 2.59. The molecule has 0 fully saturated rings. The predicted molar refractivity (Wildman–Crippen MR) is 108 cm³/mol. The molecule has 0 spiro atoms. The Labute approximate surface area is 158 Å². The topological polar surface area (TPSA) is 54.0 Å². The molecule has 4 nitrogen and oxygen atoms in total. The smallest absolute Gasteiger partial charge is 0.271 e. The van der Waals surface area contributed by atoms with Gasteiger partial charge in [0.25, 0.3) is 5.91 Å². The van der Waals surface area contributed by atoms with Crippen LogP contribution in [0.25, 0.3) is 0 Å². The fourth-order valence-corrected chi connectivity index (χ4v) is 3.30. The third kappa shape index (κ3) is 5.17. The minimum atomic E-state index is -0.126. The van der Waals surface area contributed by atoms with Gasteiger partial charge in [-0.2, -0.15) is 0 Å². The number of thiazole rings is 1. The molecule has 26 heavy (non-hydrogen) atoms. The number of carbonyl (C=O) groups excluding carboxylic acids is 1. The summed E-state index contributed by atoms with van der Waals surface area (Å²) in [7, 11) is 0. The fraction of sp³-hybridized carbons (Fsp3) is 0.238. The van der Waals surface area contributed by atoms with Crippen LogP contribution in [0.1, 0.15) is 35.0 Å². The van der Waals surface area contributed by atoms with Gasteiger partial charge >= 0.3 is 0 Å². The number of rotatable bonds is 7. The molecule has 0 aliphatic rings. The van der Waals surface area contributed by atoms with Gasteiger partial charge in [0.1, 0.15) is 5.69 Å². The molecule has 0 saturated heterocycles. The quantitative estimate of drug-likeness (QED) is 0.623. The number of aromatic nitrogens is 1. The molecule has 1 unspecified atom stereocenters. The number of carbonyl (C=O) groups is 1. The molecule has 3 aromatic rings. The van der Waals surface area contributed by atoms with Crippen LogP contribution < -0.4 is 10.6 Å². The minimum absolute atomic E-state index is 0.0953. The van der Waals surface area contributed by atoms with Gasteiger partial charge < -0.3 is 10.6 Å². The number of benzene rings is 2. The third-order valence-corrected chi connectivity index (χ3v) is 4.88. The number of nitrogens with one attached hydrogen (secondary N) is 2. The van der Waals surface area contributed by atoms with E-state index in [2.05, 4.69) is 34.7 Å². The first kappa shape index (κ1) is 18.1. The molecule has 0 saturated carbocycles. The maximum Gasteiger partial charge on any atom is 0.271 e. The number of nitrogens with zero attached hydrogens (tertiary/aromatic N) is 1. The van der Waals surface area contributed by atoms with Crippen LogP contribution in [0.5, 0.6) is 0 Å². The van der Waals surface area contributed by atoms with E-state index in [-0.39, 0.29) is 11.9 Å². The summed E-state index contributed by atoms with van der Waals surface area (Å²) in [5, 5.41) is 8.77. The van der Waals surface area contributed by atoms with Crippen LogP contribution >= 0.6 is 11.3 Å². The van der Waals surface area contributed by atoms with Gasteiger partial charge in [-0.05, 0) is 44.4 Å². The summed E-state index contributed by atoms with van der Waals surface area (Å²) >= 11 is 1.43. The van der Waals surface area contributed by atoms with Crippen LogP contribution in [0, 0.1) is 6.92 Å². The van der Waals surface area contributed by atoms with Gasteiger partial charge in [-0.1, -0.05) is 48.0 Å². The molecule has 0 radical (unpaired) electrons. The van der Waals surface area contributed by atoms with Gasteiger partial charge in [0.15, 0.2) is 5.13 Å². The summed E-state index contributed by atoms with van der Waals surface area (Å²) in [6, 6.07) is 18.5. The van der Waals surface area contributed by atoms with E-state index in [1.165, 1.54) is 22.5 Å². The molecule has 0 bridgehead atoms. The van der Waals surface area contributed by atoms with Gasteiger partial charge in [-0.3, -0.25) is 4.79 Å². The molecule has 1 heterocycles. The second-order valence-electron chi connectivity index (χ2n) is 6.43. The Morgan fingerprint density at radius 3 is 2.58 bits per heavy atom. The third-order valence-electron chi connectivity index (χ3n) is 4.13. The van der Waals surface area contributed by atoms with Crippen LogP contribution in [0.2, 0.25) is 0 Å². The normalized spacial score (nSPS) is 11.8. The summed E-state index contributed by atoms with van der Waals surface area (Å²) in [6.07, 6.45) is 1.84. The monoisotopic (exact) mass is 365 g/mol. The molecule has 2 aromatic carbocycles. The molecule has 1 aromatic heterocycles. The predicted octanol–water partition coefficient (Wildman–Crippen LogP) is 4.95. The number of hydrogen-bond donors (Lipinski definition) is 2. The lowest BCUT2D eigenvalue weighted by Gasteiger charge is -2.12. The largest absolute Gasteiger partial charge is 0.348 e. The zero-order valence-electron chi connectivity index (χ0n) is 15.0. The Balaban J connectivity index is 1.51. The van der Waals surface area contributed by atoms with Crippen LogP contribution in [0.3, 0.4) is 0 Å². The number of anilines is 2.